The van der Waals surface area contributed by atoms with Crippen LogP contribution < -0.4 is 20.3 Å². The molecule has 186 valence electrons. The molecular formula is C24H23Cl2N7O3. The van der Waals surface area contributed by atoms with Crippen LogP contribution in [0.15, 0.2) is 41.8 Å². The zero-order valence-electron chi connectivity index (χ0n) is 19.8. The van der Waals surface area contributed by atoms with Gasteiger partial charge in [0.2, 0.25) is 5.91 Å². The van der Waals surface area contributed by atoms with Crippen molar-refractivity contribution in [2.75, 3.05) is 14.2 Å². The van der Waals surface area contributed by atoms with E-state index in [1.54, 1.807) is 23.1 Å². The van der Waals surface area contributed by atoms with Crippen LogP contribution in [-0.2, 0) is 18.4 Å². The van der Waals surface area contributed by atoms with Gasteiger partial charge in [0.15, 0.2) is 5.65 Å². The number of aryl methyl sites for hydroxylation is 1. The van der Waals surface area contributed by atoms with Gasteiger partial charge in [0.05, 0.1) is 32.3 Å². The van der Waals surface area contributed by atoms with Gasteiger partial charge in [0, 0.05) is 43.9 Å². The highest BCUT2D eigenvalue weighted by molar-refractivity contribution is 6.40. The van der Waals surface area contributed by atoms with Crippen molar-refractivity contribution in [2.45, 2.75) is 25.4 Å². The van der Waals surface area contributed by atoms with Crippen molar-refractivity contribution in [3.63, 3.8) is 0 Å². The summed E-state index contributed by atoms with van der Waals surface area (Å²) in [5.74, 6) is 0.779. The lowest BCUT2D eigenvalue weighted by atomic mass is 10.2. The Morgan fingerprint density at radius 3 is 2.53 bits per heavy atom. The monoisotopic (exact) mass is 527 g/mol. The Labute approximate surface area is 216 Å². The van der Waals surface area contributed by atoms with E-state index in [1.807, 2.05) is 29.9 Å². The second kappa shape index (κ2) is 9.79. The number of hydrogen-bond donors (Lipinski definition) is 1. The van der Waals surface area contributed by atoms with E-state index in [-0.39, 0.29) is 22.0 Å². The molecule has 1 aliphatic heterocycles. The topological polar surface area (TPSA) is 108 Å². The summed E-state index contributed by atoms with van der Waals surface area (Å²) in [5.41, 5.74) is 3.59. The second-order valence-electron chi connectivity index (χ2n) is 8.34. The molecule has 12 heteroatoms. The van der Waals surface area contributed by atoms with Crippen LogP contribution in [0.25, 0.3) is 22.4 Å². The number of carbonyl (C=O) groups is 1. The molecule has 1 saturated heterocycles. The van der Waals surface area contributed by atoms with Crippen molar-refractivity contribution in [1.82, 2.24) is 29.6 Å². The predicted octanol–water partition coefficient (Wildman–Crippen LogP) is 3.67. The van der Waals surface area contributed by atoms with Crippen molar-refractivity contribution < 1.29 is 14.3 Å². The average molecular weight is 528 g/mol. The molecule has 0 radical (unpaired) electrons. The van der Waals surface area contributed by atoms with E-state index in [0.29, 0.717) is 58.9 Å². The van der Waals surface area contributed by atoms with Gasteiger partial charge in [0.25, 0.3) is 0 Å². The van der Waals surface area contributed by atoms with Crippen LogP contribution in [0.1, 0.15) is 12.8 Å². The van der Waals surface area contributed by atoms with Crippen molar-refractivity contribution in [1.29, 1.82) is 0 Å². The zero-order chi connectivity index (χ0) is 25.4. The Bertz CT molecular complexity index is 1520. The summed E-state index contributed by atoms with van der Waals surface area (Å²) < 4.78 is 14.4. The number of hydrogen-bond acceptors (Lipinski definition) is 7. The summed E-state index contributed by atoms with van der Waals surface area (Å²) in [5, 5.41) is 7.75. The van der Waals surface area contributed by atoms with Crippen LogP contribution in [0.5, 0.6) is 11.5 Å². The first-order valence-electron chi connectivity index (χ1n) is 11.2. The Balaban J connectivity index is 1.75. The SMILES string of the molecule is COc1cc(OC)c(Cl)c(N=c2ccc3ncc(-c4cnn(C)c4)nc3n2CC2CCC(=O)N2)c1Cl. The number of rotatable bonds is 6. The van der Waals surface area contributed by atoms with E-state index in [4.69, 9.17) is 42.7 Å². The van der Waals surface area contributed by atoms with E-state index in [9.17, 15) is 4.79 Å². The number of aromatic nitrogens is 5. The molecule has 3 aromatic heterocycles. The molecule has 1 aromatic carbocycles. The third-order valence-corrected chi connectivity index (χ3v) is 6.70. The van der Waals surface area contributed by atoms with Gasteiger partial charge in [-0.3, -0.25) is 14.5 Å². The maximum Gasteiger partial charge on any atom is 0.220 e. The minimum atomic E-state index is -0.0864. The molecule has 1 atom stereocenters. The molecule has 0 saturated carbocycles. The molecular weight excluding hydrogens is 505 g/mol. The van der Waals surface area contributed by atoms with E-state index < -0.39 is 0 Å². The van der Waals surface area contributed by atoms with E-state index in [1.165, 1.54) is 14.2 Å². The quantitative estimate of drug-likeness (QED) is 0.409. The van der Waals surface area contributed by atoms with Crippen molar-refractivity contribution in [3.8, 4) is 22.8 Å². The number of nitrogens with zero attached hydrogens (tertiary/aromatic N) is 6. The zero-order valence-corrected chi connectivity index (χ0v) is 21.3. The molecule has 4 aromatic rings. The minimum absolute atomic E-state index is 0.0186. The Hall–Kier alpha value is -3.63. The fraction of sp³-hybridized carbons (Fsp3) is 0.292. The van der Waals surface area contributed by atoms with Crippen LogP contribution >= 0.6 is 23.2 Å². The first-order valence-corrected chi connectivity index (χ1v) is 11.9. The largest absolute Gasteiger partial charge is 0.495 e. The highest BCUT2D eigenvalue weighted by Gasteiger charge is 2.23. The maximum atomic E-state index is 11.9. The highest BCUT2D eigenvalue weighted by atomic mass is 35.5. The van der Waals surface area contributed by atoms with Crippen LogP contribution in [0.2, 0.25) is 10.0 Å². The lowest BCUT2D eigenvalue weighted by Gasteiger charge is -2.17. The first kappa shape index (κ1) is 24.1. The minimum Gasteiger partial charge on any atom is -0.495 e. The predicted molar refractivity (Wildman–Crippen MR) is 136 cm³/mol. The molecule has 5 rings (SSSR count). The second-order valence-corrected chi connectivity index (χ2v) is 9.10. The molecule has 4 heterocycles. The summed E-state index contributed by atoms with van der Waals surface area (Å²) in [7, 11) is 4.85. The molecule has 0 aliphatic carbocycles. The van der Waals surface area contributed by atoms with E-state index in [0.717, 1.165) is 5.56 Å². The van der Waals surface area contributed by atoms with Crippen molar-refractivity contribution in [3.05, 3.63) is 52.3 Å². The standard InChI is InChI=1S/C24H23Cl2N7O3/c1-32-11-13(9-28-32)16-10-27-15-5-6-19(33(24(15)30-16)12-14-4-7-20(34)29-14)31-23-21(25)17(35-2)8-18(36-3)22(23)26/h5-6,8-11,14H,4,7,12H2,1-3H3,(H,29,34). The van der Waals surface area contributed by atoms with Gasteiger partial charge in [-0.2, -0.15) is 5.10 Å². The Kier molecular flexibility index (Phi) is 6.55. The van der Waals surface area contributed by atoms with Crippen molar-refractivity contribution in [2.24, 2.45) is 12.0 Å². The Morgan fingerprint density at radius 1 is 1.17 bits per heavy atom. The van der Waals surface area contributed by atoms with Gasteiger partial charge in [-0.05, 0) is 18.6 Å². The third kappa shape index (κ3) is 4.49. The fourth-order valence-electron chi connectivity index (χ4n) is 4.15. The smallest absolute Gasteiger partial charge is 0.220 e. The van der Waals surface area contributed by atoms with Crippen LogP contribution in [0.3, 0.4) is 0 Å². The van der Waals surface area contributed by atoms with Crippen LogP contribution in [0.4, 0.5) is 5.69 Å². The summed E-state index contributed by atoms with van der Waals surface area (Å²) in [6.45, 7) is 0.434. The van der Waals surface area contributed by atoms with Gasteiger partial charge in [-0.25, -0.2) is 9.98 Å². The van der Waals surface area contributed by atoms with Crippen LogP contribution in [0, 0.1) is 0 Å². The number of ether oxygens (including phenoxy) is 2. The molecule has 0 bridgehead atoms. The number of nitrogens with one attached hydrogen (secondary N) is 1. The Morgan fingerprint density at radius 2 is 1.92 bits per heavy atom. The first-order chi connectivity index (χ1) is 17.4. The number of carbonyl (C=O) groups excluding carboxylic acids is 1. The number of amides is 1. The van der Waals surface area contributed by atoms with E-state index >= 15 is 0 Å². The summed E-state index contributed by atoms with van der Waals surface area (Å²) in [6, 6.07) is 5.17. The summed E-state index contributed by atoms with van der Waals surface area (Å²) in [6.07, 6.45) is 6.48. The molecule has 0 spiro atoms. The number of halogens is 2. The molecule has 1 fully saturated rings. The number of fused-ring (bicyclic) bond motifs is 1. The third-order valence-electron chi connectivity index (χ3n) is 5.97. The van der Waals surface area contributed by atoms with Gasteiger partial charge in [-0.1, -0.05) is 23.2 Å². The summed E-state index contributed by atoms with van der Waals surface area (Å²) in [4.78, 5) is 26.2. The number of methoxy groups -OCH3 is 2. The van der Waals surface area contributed by atoms with Gasteiger partial charge in [-0.15, -0.1) is 0 Å². The lowest BCUT2D eigenvalue weighted by molar-refractivity contribution is -0.119. The maximum absolute atomic E-state index is 11.9. The van der Waals surface area contributed by atoms with Crippen molar-refractivity contribution >= 4 is 46.0 Å². The molecule has 1 unspecified atom stereocenters. The number of benzene rings is 1. The summed E-state index contributed by atoms with van der Waals surface area (Å²) >= 11 is 13.2. The van der Waals surface area contributed by atoms with Gasteiger partial charge in [0.1, 0.15) is 38.2 Å². The van der Waals surface area contributed by atoms with Crippen LogP contribution in [-0.4, -0.2) is 50.5 Å². The molecule has 10 nitrogen and oxygen atoms in total. The van der Waals surface area contributed by atoms with E-state index in [2.05, 4.69) is 15.4 Å². The highest BCUT2D eigenvalue weighted by Crippen LogP contribution is 2.45. The molecule has 1 amide bonds. The molecule has 1 aliphatic rings. The molecule has 36 heavy (non-hydrogen) atoms. The fourth-order valence-corrected chi connectivity index (χ4v) is 4.73. The number of pyridine rings is 1. The lowest BCUT2D eigenvalue weighted by Crippen LogP contribution is -2.34. The molecule has 1 N–H and O–H groups in total. The average Bonchev–Trinajstić information content (AvgIpc) is 3.50. The normalized spacial score (nSPS) is 16.0. The van der Waals surface area contributed by atoms with Gasteiger partial charge < -0.3 is 19.4 Å². The van der Waals surface area contributed by atoms with Gasteiger partial charge >= 0.3 is 0 Å².